The molecule has 6 nitrogen and oxygen atoms in total. The largest absolute Gasteiger partial charge is 0.508 e. The second kappa shape index (κ2) is 4.43. The summed E-state index contributed by atoms with van der Waals surface area (Å²) in [5.74, 6) is -0.161. The Morgan fingerprint density at radius 2 is 2.21 bits per heavy atom. The molecule has 0 aromatic heterocycles. The van der Waals surface area contributed by atoms with Crippen LogP contribution in [-0.4, -0.2) is 28.3 Å². The molecule has 0 aliphatic carbocycles. The standard InChI is InChI=1S/C8H10N2O4/c11-4-3-9-7-2-1-6(12)5-8(7)10(13)14/h1-2,5,9,11-12H,3-4H2. The molecule has 0 saturated carbocycles. The van der Waals surface area contributed by atoms with Gasteiger partial charge in [-0.15, -0.1) is 0 Å². The third-order valence-corrected chi connectivity index (χ3v) is 1.61. The van der Waals surface area contributed by atoms with Gasteiger partial charge in [-0.2, -0.15) is 0 Å². The van der Waals surface area contributed by atoms with Gasteiger partial charge in [0.15, 0.2) is 0 Å². The van der Waals surface area contributed by atoms with Gasteiger partial charge in [0.2, 0.25) is 0 Å². The molecule has 0 unspecified atom stereocenters. The molecule has 0 atom stereocenters. The Hall–Kier alpha value is -1.82. The number of phenolic OH excluding ortho intramolecular Hbond substituents is 1. The number of hydrogen-bond acceptors (Lipinski definition) is 5. The highest BCUT2D eigenvalue weighted by atomic mass is 16.6. The summed E-state index contributed by atoms with van der Waals surface area (Å²) in [6, 6.07) is 3.79. The van der Waals surface area contributed by atoms with E-state index in [9.17, 15) is 10.1 Å². The van der Waals surface area contributed by atoms with Crippen molar-refractivity contribution in [1.82, 2.24) is 0 Å². The van der Waals surface area contributed by atoms with E-state index in [-0.39, 0.29) is 30.3 Å². The van der Waals surface area contributed by atoms with E-state index >= 15 is 0 Å². The van der Waals surface area contributed by atoms with Gasteiger partial charge >= 0.3 is 0 Å². The zero-order valence-electron chi connectivity index (χ0n) is 7.30. The number of anilines is 1. The Morgan fingerprint density at radius 1 is 1.50 bits per heavy atom. The molecule has 0 saturated heterocycles. The average molecular weight is 198 g/mol. The lowest BCUT2D eigenvalue weighted by Crippen LogP contribution is -2.07. The van der Waals surface area contributed by atoms with E-state index in [1.807, 2.05) is 0 Å². The van der Waals surface area contributed by atoms with Crippen molar-refractivity contribution in [3.63, 3.8) is 0 Å². The molecule has 0 aliphatic heterocycles. The SMILES string of the molecule is O=[N+]([O-])c1cc(O)ccc1NCCO. The number of aromatic hydroxyl groups is 1. The molecule has 0 aliphatic rings. The first-order chi connectivity index (χ1) is 6.65. The third kappa shape index (κ3) is 2.33. The molecular weight excluding hydrogens is 188 g/mol. The summed E-state index contributed by atoms with van der Waals surface area (Å²) < 4.78 is 0. The van der Waals surface area contributed by atoms with Gasteiger partial charge in [-0.25, -0.2) is 0 Å². The number of aliphatic hydroxyl groups excluding tert-OH is 1. The van der Waals surface area contributed by atoms with Gasteiger partial charge in [-0.1, -0.05) is 0 Å². The van der Waals surface area contributed by atoms with Crippen LogP contribution in [0.5, 0.6) is 5.75 Å². The number of nitro benzene ring substituents is 1. The summed E-state index contributed by atoms with van der Waals surface area (Å²) in [6.45, 7) is 0.115. The lowest BCUT2D eigenvalue weighted by Gasteiger charge is -2.04. The number of nitrogens with one attached hydrogen (secondary N) is 1. The van der Waals surface area contributed by atoms with Crippen molar-refractivity contribution >= 4 is 11.4 Å². The van der Waals surface area contributed by atoms with Crippen molar-refractivity contribution < 1.29 is 15.1 Å². The van der Waals surface area contributed by atoms with Gasteiger partial charge in [-0.05, 0) is 12.1 Å². The summed E-state index contributed by atoms with van der Waals surface area (Å²) in [5.41, 5.74) is 0.0697. The van der Waals surface area contributed by atoms with Crippen molar-refractivity contribution in [3.8, 4) is 5.75 Å². The van der Waals surface area contributed by atoms with E-state index in [1.54, 1.807) is 0 Å². The lowest BCUT2D eigenvalue weighted by atomic mass is 10.2. The Morgan fingerprint density at radius 3 is 2.79 bits per heavy atom. The molecule has 3 N–H and O–H groups in total. The number of benzene rings is 1. The Kier molecular flexibility index (Phi) is 3.24. The molecule has 1 aromatic carbocycles. The minimum Gasteiger partial charge on any atom is -0.508 e. The van der Waals surface area contributed by atoms with Crippen LogP contribution in [0.25, 0.3) is 0 Å². The summed E-state index contributed by atoms with van der Waals surface area (Å²) >= 11 is 0. The first kappa shape index (κ1) is 10.3. The topological polar surface area (TPSA) is 95.6 Å². The van der Waals surface area contributed by atoms with Gasteiger partial charge < -0.3 is 15.5 Å². The summed E-state index contributed by atoms with van der Waals surface area (Å²) in [6.07, 6.45) is 0. The van der Waals surface area contributed by atoms with Crippen LogP contribution >= 0.6 is 0 Å². The van der Waals surface area contributed by atoms with Crippen molar-refractivity contribution in [1.29, 1.82) is 0 Å². The predicted octanol–water partition coefficient (Wildman–Crippen LogP) is 0.705. The van der Waals surface area contributed by atoms with E-state index in [4.69, 9.17) is 10.2 Å². The van der Waals surface area contributed by atoms with Gasteiger partial charge in [0.25, 0.3) is 5.69 Å². The summed E-state index contributed by atoms with van der Waals surface area (Å²) in [5, 5.41) is 30.8. The fourth-order valence-corrected chi connectivity index (χ4v) is 1.01. The van der Waals surface area contributed by atoms with E-state index in [0.29, 0.717) is 0 Å². The van der Waals surface area contributed by atoms with Gasteiger partial charge in [-0.3, -0.25) is 10.1 Å². The van der Waals surface area contributed by atoms with E-state index < -0.39 is 4.92 Å². The smallest absolute Gasteiger partial charge is 0.296 e. The first-order valence-electron chi connectivity index (χ1n) is 3.97. The molecule has 76 valence electrons. The van der Waals surface area contributed by atoms with Gasteiger partial charge in [0, 0.05) is 6.54 Å². The molecule has 1 rings (SSSR count). The minimum atomic E-state index is -0.598. The highest BCUT2D eigenvalue weighted by molar-refractivity contribution is 5.63. The molecule has 1 aromatic rings. The minimum absolute atomic E-state index is 0.113. The molecule has 0 bridgehead atoms. The zero-order chi connectivity index (χ0) is 10.6. The van der Waals surface area contributed by atoms with Gasteiger partial charge in [0.05, 0.1) is 17.6 Å². The number of hydrogen-bond donors (Lipinski definition) is 3. The number of nitrogens with zero attached hydrogens (tertiary/aromatic N) is 1. The monoisotopic (exact) mass is 198 g/mol. The molecular formula is C8H10N2O4. The zero-order valence-corrected chi connectivity index (χ0v) is 7.30. The molecule has 0 radical (unpaired) electrons. The fraction of sp³-hybridized carbons (Fsp3) is 0.250. The maximum Gasteiger partial charge on any atom is 0.296 e. The lowest BCUT2D eigenvalue weighted by molar-refractivity contribution is -0.384. The molecule has 6 heteroatoms. The first-order valence-corrected chi connectivity index (χ1v) is 3.97. The molecule has 14 heavy (non-hydrogen) atoms. The fourth-order valence-electron chi connectivity index (χ4n) is 1.01. The van der Waals surface area contributed by atoms with Crippen molar-refractivity contribution in [2.75, 3.05) is 18.5 Å². The third-order valence-electron chi connectivity index (χ3n) is 1.61. The second-order valence-corrected chi connectivity index (χ2v) is 2.61. The number of rotatable bonds is 4. The average Bonchev–Trinajstić information content (AvgIpc) is 2.15. The maximum atomic E-state index is 10.5. The van der Waals surface area contributed by atoms with Gasteiger partial charge in [0.1, 0.15) is 11.4 Å². The molecule has 0 amide bonds. The predicted molar refractivity (Wildman–Crippen MR) is 50.3 cm³/mol. The van der Waals surface area contributed by atoms with Crippen molar-refractivity contribution in [2.45, 2.75) is 0 Å². The normalized spacial score (nSPS) is 9.79. The van der Waals surface area contributed by atoms with Crippen LogP contribution in [0, 0.1) is 10.1 Å². The maximum absolute atomic E-state index is 10.5. The van der Waals surface area contributed by atoms with Crippen molar-refractivity contribution in [2.24, 2.45) is 0 Å². The number of phenols is 1. The Balaban J connectivity index is 2.96. The Bertz CT molecular complexity index is 340. The van der Waals surface area contributed by atoms with E-state index in [0.717, 1.165) is 6.07 Å². The number of aliphatic hydroxyl groups is 1. The van der Waals surface area contributed by atoms with E-state index in [1.165, 1.54) is 12.1 Å². The van der Waals surface area contributed by atoms with E-state index in [2.05, 4.69) is 5.32 Å². The number of nitro groups is 1. The van der Waals surface area contributed by atoms with Crippen LogP contribution in [0.3, 0.4) is 0 Å². The second-order valence-electron chi connectivity index (χ2n) is 2.61. The Labute approximate surface area is 80.0 Å². The molecule has 0 fully saturated rings. The highest BCUT2D eigenvalue weighted by Gasteiger charge is 2.13. The van der Waals surface area contributed by atoms with Crippen LogP contribution in [0.2, 0.25) is 0 Å². The summed E-state index contributed by atoms with van der Waals surface area (Å²) in [7, 11) is 0. The molecule has 0 spiro atoms. The molecule has 0 heterocycles. The van der Waals surface area contributed by atoms with Crippen LogP contribution in [0.4, 0.5) is 11.4 Å². The van der Waals surface area contributed by atoms with Crippen LogP contribution in [-0.2, 0) is 0 Å². The highest BCUT2D eigenvalue weighted by Crippen LogP contribution is 2.27. The summed E-state index contributed by atoms with van der Waals surface area (Å²) in [4.78, 5) is 9.93. The quantitative estimate of drug-likeness (QED) is 0.376. The van der Waals surface area contributed by atoms with Crippen molar-refractivity contribution in [3.05, 3.63) is 28.3 Å². The van der Waals surface area contributed by atoms with Crippen LogP contribution < -0.4 is 5.32 Å². The van der Waals surface area contributed by atoms with Crippen LogP contribution in [0.15, 0.2) is 18.2 Å². The van der Waals surface area contributed by atoms with Crippen LogP contribution in [0.1, 0.15) is 0 Å².